The lowest BCUT2D eigenvalue weighted by atomic mass is 10.2. The molecule has 1 N–H and O–H groups in total. The van der Waals surface area contributed by atoms with Crippen molar-refractivity contribution in [1.82, 2.24) is 0 Å². The molecule has 2 aromatic carbocycles. The first-order valence-corrected chi connectivity index (χ1v) is 7.79. The van der Waals surface area contributed by atoms with E-state index in [1.54, 1.807) is 0 Å². The van der Waals surface area contributed by atoms with Crippen LogP contribution in [0, 0.1) is 20.2 Å². The second kappa shape index (κ2) is 8.43. The van der Waals surface area contributed by atoms with E-state index in [9.17, 15) is 29.8 Å². The van der Waals surface area contributed by atoms with Crippen LogP contribution in [0.15, 0.2) is 36.4 Å². The van der Waals surface area contributed by atoms with Crippen LogP contribution in [-0.4, -0.2) is 28.3 Å². The molecule has 0 heterocycles. The average molecular weight is 414 g/mol. The van der Waals surface area contributed by atoms with Gasteiger partial charge in [-0.05, 0) is 18.2 Å². The van der Waals surface area contributed by atoms with Crippen LogP contribution in [0.4, 0.5) is 17.1 Å². The van der Waals surface area contributed by atoms with E-state index in [0.717, 1.165) is 24.3 Å². The first kappa shape index (κ1) is 20.1. The maximum absolute atomic E-state index is 12.0. The highest BCUT2D eigenvalue weighted by molar-refractivity contribution is 6.34. The number of esters is 1. The number of nitrogens with one attached hydrogen (secondary N) is 1. The molecule has 0 aliphatic rings. The standard InChI is InChI=1S/C15H9Cl2N3O7/c16-8-1-3-10(13(5-8)20(25)26)15(22)27-7-14(21)18-12-4-2-9(19(23)24)6-11(12)17/h1-6H,7H2,(H,18,21). The van der Waals surface area contributed by atoms with Gasteiger partial charge in [0.2, 0.25) is 0 Å². The Morgan fingerprint density at radius 2 is 1.74 bits per heavy atom. The summed E-state index contributed by atoms with van der Waals surface area (Å²) >= 11 is 11.5. The van der Waals surface area contributed by atoms with Crippen molar-refractivity contribution in [2.24, 2.45) is 0 Å². The summed E-state index contributed by atoms with van der Waals surface area (Å²) in [5, 5.41) is 23.9. The van der Waals surface area contributed by atoms with E-state index in [0.29, 0.717) is 0 Å². The quantitative estimate of drug-likeness (QED) is 0.432. The van der Waals surface area contributed by atoms with E-state index in [2.05, 4.69) is 5.32 Å². The SMILES string of the molecule is O=C(COC(=O)c1ccc(Cl)cc1[N+](=O)[O-])Nc1ccc([N+](=O)[O-])cc1Cl. The number of nitro benzene ring substituents is 2. The lowest BCUT2D eigenvalue weighted by molar-refractivity contribution is -0.385. The summed E-state index contributed by atoms with van der Waals surface area (Å²) in [7, 11) is 0. The Labute approximate surface area is 160 Å². The van der Waals surface area contributed by atoms with E-state index in [1.165, 1.54) is 12.1 Å². The number of hydrogen-bond acceptors (Lipinski definition) is 7. The second-order valence-corrected chi connectivity index (χ2v) is 5.81. The molecular formula is C15H9Cl2N3O7. The molecule has 1 amide bonds. The number of anilines is 1. The van der Waals surface area contributed by atoms with Gasteiger partial charge < -0.3 is 10.1 Å². The molecule has 0 saturated heterocycles. The topological polar surface area (TPSA) is 142 Å². The molecule has 2 aromatic rings. The number of halogens is 2. The van der Waals surface area contributed by atoms with Crippen molar-refractivity contribution in [2.75, 3.05) is 11.9 Å². The highest BCUT2D eigenvalue weighted by Gasteiger charge is 2.22. The first-order chi connectivity index (χ1) is 12.7. The highest BCUT2D eigenvalue weighted by Crippen LogP contribution is 2.27. The van der Waals surface area contributed by atoms with Gasteiger partial charge in [-0.25, -0.2) is 4.79 Å². The van der Waals surface area contributed by atoms with E-state index < -0.39 is 34.0 Å². The average Bonchev–Trinajstić information content (AvgIpc) is 2.61. The lowest BCUT2D eigenvalue weighted by Gasteiger charge is -2.08. The molecule has 2 rings (SSSR count). The van der Waals surface area contributed by atoms with Gasteiger partial charge in [0.25, 0.3) is 17.3 Å². The Kier molecular flexibility index (Phi) is 6.27. The third-order valence-corrected chi connectivity index (χ3v) is 3.70. The minimum atomic E-state index is -1.09. The summed E-state index contributed by atoms with van der Waals surface area (Å²) in [4.78, 5) is 44.0. The molecule has 0 aromatic heterocycles. The third kappa shape index (κ3) is 5.12. The maximum atomic E-state index is 12.0. The summed E-state index contributed by atoms with van der Waals surface area (Å²) < 4.78 is 4.74. The van der Waals surface area contributed by atoms with Crippen molar-refractivity contribution in [2.45, 2.75) is 0 Å². The fourth-order valence-corrected chi connectivity index (χ4v) is 2.33. The molecule has 0 atom stereocenters. The molecule has 0 fully saturated rings. The maximum Gasteiger partial charge on any atom is 0.345 e. The summed E-state index contributed by atoms with van der Waals surface area (Å²) in [6, 6.07) is 6.74. The number of non-ortho nitro benzene ring substituents is 1. The van der Waals surface area contributed by atoms with Gasteiger partial charge in [0, 0.05) is 23.2 Å². The van der Waals surface area contributed by atoms with Gasteiger partial charge in [-0.15, -0.1) is 0 Å². The van der Waals surface area contributed by atoms with Crippen LogP contribution in [0.25, 0.3) is 0 Å². The second-order valence-electron chi connectivity index (χ2n) is 4.96. The van der Waals surface area contributed by atoms with Gasteiger partial charge in [-0.2, -0.15) is 0 Å². The van der Waals surface area contributed by atoms with Crippen molar-refractivity contribution in [3.8, 4) is 0 Å². The van der Waals surface area contributed by atoms with Crippen LogP contribution in [0.1, 0.15) is 10.4 Å². The number of nitro groups is 2. The van der Waals surface area contributed by atoms with E-state index >= 15 is 0 Å². The van der Waals surface area contributed by atoms with Gasteiger partial charge in [0.1, 0.15) is 5.56 Å². The van der Waals surface area contributed by atoms with Gasteiger partial charge >= 0.3 is 5.97 Å². The van der Waals surface area contributed by atoms with Crippen LogP contribution in [0.2, 0.25) is 10.0 Å². The van der Waals surface area contributed by atoms with E-state index in [4.69, 9.17) is 27.9 Å². The molecule has 0 saturated carbocycles. The molecule has 10 nitrogen and oxygen atoms in total. The zero-order chi connectivity index (χ0) is 20.1. The highest BCUT2D eigenvalue weighted by atomic mass is 35.5. The predicted octanol–water partition coefficient (Wildman–Crippen LogP) is 3.61. The zero-order valence-corrected chi connectivity index (χ0v) is 14.7. The predicted molar refractivity (Wildman–Crippen MR) is 95.1 cm³/mol. The number of rotatable bonds is 6. The molecule has 0 bridgehead atoms. The molecule has 0 spiro atoms. The molecule has 0 aliphatic carbocycles. The zero-order valence-electron chi connectivity index (χ0n) is 13.2. The van der Waals surface area contributed by atoms with Crippen molar-refractivity contribution in [3.05, 3.63) is 72.2 Å². The molecule has 27 heavy (non-hydrogen) atoms. The van der Waals surface area contributed by atoms with E-state index in [-0.39, 0.29) is 27.0 Å². The summed E-state index contributed by atoms with van der Waals surface area (Å²) in [5.41, 5.74) is -1.13. The van der Waals surface area contributed by atoms with Crippen LogP contribution < -0.4 is 5.32 Å². The van der Waals surface area contributed by atoms with Crippen LogP contribution in [0.5, 0.6) is 0 Å². The van der Waals surface area contributed by atoms with Gasteiger partial charge in [0.05, 0.1) is 20.6 Å². The number of carbonyl (C=O) groups excluding carboxylic acids is 2. The number of amides is 1. The van der Waals surface area contributed by atoms with Crippen molar-refractivity contribution < 1.29 is 24.2 Å². The van der Waals surface area contributed by atoms with Crippen molar-refractivity contribution in [3.63, 3.8) is 0 Å². The minimum absolute atomic E-state index is 0.0591. The molecule has 0 radical (unpaired) electrons. The summed E-state index contributed by atoms with van der Waals surface area (Å²) in [6.07, 6.45) is 0. The van der Waals surface area contributed by atoms with Crippen molar-refractivity contribution in [1.29, 1.82) is 0 Å². The Morgan fingerprint density at radius 1 is 1.04 bits per heavy atom. The largest absolute Gasteiger partial charge is 0.452 e. The van der Waals surface area contributed by atoms with Crippen LogP contribution in [-0.2, 0) is 9.53 Å². The fraction of sp³-hybridized carbons (Fsp3) is 0.0667. The Balaban J connectivity index is 2.03. The first-order valence-electron chi connectivity index (χ1n) is 7.04. The number of carbonyl (C=O) groups is 2. The smallest absolute Gasteiger partial charge is 0.345 e. The Hall–Kier alpha value is -3.24. The number of nitrogens with zero attached hydrogens (tertiary/aromatic N) is 2. The number of hydrogen-bond donors (Lipinski definition) is 1. The van der Waals surface area contributed by atoms with Gasteiger partial charge in [0.15, 0.2) is 6.61 Å². The summed E-state index contributed by atoms with van der Waals surface area (Å²) in [5.74, 6) is -1.89. The van der Waals surface area contributed by atoms with Crippen molar-refractivity contribution >= 4 is 52.1 Å². The Morgan fingerprint density at radius 3 is 2.33 bits per heavy atom. The van der Waals surface area contributed by atoms with Gasteiger partial charge in [-0.1, -0.05) is 23.2 Å². The molecule has 0 unspecified atom stereocenters. The van der Waals surface area contributed by atoms with Crippen LogP contribution >= 0.6 is 23.2 Å². The molecule has 140 valence electrons. The third-order valence-electron chi connectivity index (χ3n) is 3.15. The van der Waals surface area contributed by atoms with Crippen LogP contribution in [0.3, 0.4) is 0 Å². The van der Waals surface area contributed by atoms with Gasteiger partial charge in [-0.3, -0.25) is 25.0 Å². The molecule has 0 aliphatic heterocycles. The Bertz CT molecular complexity index is 949. The lowest BCUT2D eigenvalue weighted by Crippen LogP contribution is -2.21. The van der Waals surface area contributed by atoms with E-state index in [1.807, 2.05) is 0 Å². The summed E-state index contributed by atoms with van der Waals surface area (Å²) in [6.45, 7) is -0.758. The fourth-order valence-electron chi connectivity index (χ4n) is 1.94. The molecule has 12 heteroatoms. The minimum Gasteiger partial charge on any atom is -0.452 e. The molecular weight excluding hydrogens is 405 g/mol. The number of benzene rings is 2. The normalized spacial score (nSPS) is 10.1. The number of ether oxygens (including phenoxy) is 1. The monoisotopic (exact) mass is 413 g/mol.